The molecule has 33 heavy (non-hydrogen) atoms. The molecule has 4 nitrogen and oxygen atoms in total. The average Bonchev–Trinajstić information content (AvgIpc) is 3.46. The summed E-state index contributed by atoms with van der Waals surface area (Å²) in [6.07, 6.45) is 18.3. The third-order valence-corrected chi connectivity index (χ3v) is 12.0. The van der Waals surface area contributed by atoms with Gasteiger partial charge in [0.25, 0.3) is 0 Å². The third-order valence-electron chi connectivity index (χ3n) is 11.3. The monoisotopic (exact) mass is 470 g/mol. The van der Waals surface area contributed by atoms with E-state index in [1.165, 1.54) is 51.4 Å². The topological polar surface area (TPSA) is 55.1 Å². The number of hydrogen-bond acceptors (Lipinski definition) is 4. The molecule has 0 radical (unpaired) electrons. The molecule has 1 heterocycles. The lowest BCUT2D eigenvalue weighted by atomic mass is 9.48. The molecule has 0 amide bonds. The van der Waals surface area contributed by atoms with Gasteiger partial charge in [-0.1, -0.05) is 13.3 Å². The zero-order valence-corrected chi connectivity index (χ0v) is 21.5. The van der Waals surface area contributed by atoms with Crippen LogP contribution in [0.3, 0.4) is 0 Å². The number of hydrogen-bond donors (Lipinski definition) is 1. The molecule has 0 spiro atoms. The molecule has 3 unspecified atom stereocenters. The van der Waals surface area contributed by atoms with Crippen LogP contribution in [-0.2, 0) is 11.3 Å². The summed E-state index contributed by atoms with van der Waals surface area (Å²) in [5.41, 5.74) is -0.266. The Balaban J connectivity index is 1.27. The summed E-state index contributed by atoms with van der Waals surface area (Å²) in [6, 6.07) is 0. The molecule has 5 aliphatic rings. The molecule has 10 atom stereocenters. The zero-order valence-electron chi connectivity index (χ0n) is 20.7. The van der Waals surface area contributed by atoms with E-state index in [4.69, 9.17) is 0 Å². The highest BCUT2D eigenvalue weighted by Gasteiger charge is 2.65. The number of nitrogens with zero attached hydrogens (tertiary/aromatic N) is 2. The number of carbonyl (C=O) groups excluding carboxylic acids is 1. The highest BCUT2D eigenvalue weighted by atomic mass is 32.2. The number of thioether (sulfide) groups is 1. The van der Waals surface area contributed by atoms with E-state index in [1.807, 2.05) is 17.1 Å². The summed E-state index contributed by atoms with van der Waals surface area (Å²) in [5.74, 6) is 5.97. The number of rotatable bonds is 4. The predicted molar refractivity (Wildman–Crippen MR) is 132 cm³/mol. The van der Waals surface area contributed by atoms with Crippen molar-refractivity contribution >= 4 is 17.5 Å². The molecule has 5 aliphatic carbocycles. The quantitative estimate of drug-likeness (QED) is 0.563. The van der Waals surface area contributed by atoms with Crippen LogP contribution < -0.4 is 0 Å². The van der Waals surface area contributed by atoms with E-state index >= 15 is 0 Å². The maximum atomic E-state index is 13.9. The van der Waals surface area contributed by atoms with Crippen molar-refractivity contribution in [3.63, 3.8) is 0 Å². The van der Waals surface area contributed by atoms with Gasteiger partial charge in [-0.3, -0.25) is 9.48 Å². The van der Waals surface area contributed by atoms with Gasteiger partial charge < -0.3 is 5.11 Å². The molecule has 0 aromatic carbocycles. The van der Waals surface area contributed by atoms with Crippen molar-refractivity contribution in [1.29, 1.82) is 0 Å². The Morgan fingerprint density at radius 1 is 1.06 bits per heavy atom. The third kappa shape index (κ3) is 3.58. The molecule has 182 valence electrons. The molecule has 5 saturated carbocycles. The number of Topliss-reactive ketones (excluding diaryl/α,β-unsaturated/α-hetero) is 1. The van der Waals surface area contributed by atoms with Crippen LogP contribution in [0.4, 0.5) is 0 Å². The molecular weight excluding hydrogens is 428 g/mol. The van der Waals surface area contributed by atoms with Crippen molar-refractivity contribution in [3.05, 3.63) is 12.4 Å². The summed E-state index contributed by atoms with van der Waals surface area (Å²) >= 11 is 1.69. The van der Waals surface area contributed by atoms with Crippen LogP contribution in [0.15, 0.2) is 17.3 Å². The van der Waals surface area contributed by atoms with Crippen LogP contribution in [0.1, 0.15) is 78.1 Å². The Morgan fingerprint density at radius 2 is 1.82 bits per heavy atom. The highest BCUT2D eigenvalue weighted by molar-refractivity contribution is 7.98. The summed E-state index contributed by atoms with van der Waals surface area (Å²) in [6.45, 7) is 5.03. The van der Waals surface area contributed by atoms with Crippen molar-refractivity contribution < 1.29 is 9.90 Å². The van der Waals surface area contributed by atoms with Gasteiger partial charge in [-0.05, 0) is 118 Å². The number of aromatic nitrogens is 2. The normalized spacial score (nSPS) is 48.6. The van der Waals surface area contributed by atoms with Crippen LogP contribution in [0.2, 0.25) is 0 Å². The van der Waals surface area contributed by atoms with E-state index < -0.39 is 5.60 Å². The first-order valence-corrected chi connectivity index (χ1v) is 14.8. The molecule has 0 saturated heterocycles. The summed E-state index contributed by atoms with van der Waals surface area (Å²) in [4.78, 5) is 15.0. The number of ketones is 1. The Labute approximate surface area is 203 Å². The second kappa shape index (κ2) is 8.11. The van der Waals surface area contributed by atoms with Crippen molar-refractivity contribution in [2.24, 2.45) is 52.8 Å². The van der Waals surface area contributed by atoms with Gasteiger partial charge in [0.05, 0.1) is 18.3 Å². The second-order valence-electron chi connectivity index (χ2n) is 12.9. The zero-order chi connectivity index (χ0) is 23.0. The van der Waals surface area contributed by atoms with E-state index in [9.17, 15) is 9.90 Å². The van der Waals surface area contributed by atoms with Crippen LogP contribution in [0.25, 0.3) is 0 Å². The van der Waals surface area contributed by atoms with Crippen molar-refractivity contribution in [2.75, 3.05) is 6.26 Å². The van der Waals surface area contributed by atoms with Crippen molar-refractivity contribution in [2.45, 2.75) is 95.1 Å². The lowest BCUT2D eigenvalue weighted by Gasteiger charge is -2.57. The molecule has 5 fully saturated rings. The van der Waals surface area contributed by atoms with Gasteiger partial charge in [-0.2, -0.15) is 5.10 Å². The molecule has 0 aliphatic heterocycles. The number of fused-ring (bicyclic) bond motifs is 7. The minimum atomic E-state index is -0.443. The minimum Gasteiger partial charge on any atom is -0.390 e. The second-order valence-corrected chi connectivity index (χ2v) is 13.8. The fraction of sp³-hybridized carbons (Fsp3) is 0.857. The summed E-state index contributed by atoms with van der Waals surface area (Å²) < 4.78 is 1.89. The lowest BCUT2D eigenvalue weighted by molar-refractivity contribution is -0.135. The van der Waals surface area contributed by atoms with E-state index in [0.717, 1.165) is 53.2 Å². The highest BCUT2D eigenvalue weighted by Crippen LogP contribution is 2.70. The molecular formula is C28H42N2O2S. The largest absolute Gasteiger partial charge is 0.390 e. The molecule has 1 aromatic rings. The Bertz CT molecular complexity index is 911. The van der Waals surface area contributed by atoms with Gasteiger partial charge >= 0.3 is 0 Å². The van der Waals surface area contributed by atoms with Gasteiger partial charge in [0.1, 0.15) is 0 Å². The predicted octanol–water partition coefficient (Wildman–Crippen LogP) is 5.83. The Kier molecular flexibility index (Phi) is 5.57. The van der Waals surface area contributed by atoms with Crippen LogP contribution in [0.5, 0.6) is 0 Å². The van der Waals surface area contributed by atoms with Gasteiger partial charge in [-0.25, -0.2) is 0 Å². The van der Waals surface area contributed by atoms with Crippen molar-refractivity contribution in [3.8, 4) is 0 Å². The average molecular weight is 471 g/mol. The first kappa shape index (κ1) is 22.6. The fourth-order valence-corrected chi connectivity index (χ4v) is 10.7. The molecule has 5 heteroatoms. The van der Waals surface area contributed by atoms with Crippen LogP contribution in [-0.4, -0.2) is 32.5 Å². The molecule has 6 rings (SSSR count). The first-order valence-electron chi connectivity index (χ1n) is 13.6. The van der Waals surface area contributed by atoms with E-state index in [0.29, 0.717) is 18.2 Å². The standard InChI is InChI=1S/C28H42N2O2S/c1-27(32)11-9-19-17(13-27)7-8-23-20(19)10-12-28(2)25(23)21-5-4-6-22(21)26(28)24(31)16-30-15-18(33-3)14-29-30/h14-15,17,19-23,25-26,32H,4-13,16H2,1-3H3/t17?,19-,20+,21+,22-,23?,25?,26+,27+,28-/m0/s1. The van der Waals surface area contributed by atoms with Crippen LogP contribution in [0, 0.1) is 52.8 Å². The number of carbonyl (C=O) groups is 1. The minimum absolute atomic E-state index is 0.177. The lowest BCUT2D eigenvalue weighted by Crippen LogP contribution is -2.52. The van der Waals surface area contributed by atoms with Crippen LogP contribution >= 0.6 is 11.8 Å². The van der Waals surface area contributed by atoms with E-state index in [2.05, 4.69) is 25.2 Å². The van der Waals surface area contributed by atoms with Gasteiger partial charge in [0, 0.05) is 17.0 Å². The van der Waals surface area contributed by atoms with E-state index in [-0.39, 0.29) is 11.3 Å². The molecule has 1 N–H and O–H groups in total. The first-order chi connectivity index (χ1) is 15.8. The fourth-order valence-electron chi connectivity index (χ4n) is 10.3. The van der Waals surface area contributed by atoms with Gasteiger partial charge in [0.2, 0.25) is 0 Å². The summed E-state index contributed by atoms with van der Waals surface area (Å²) in [5, 5.41) is 15.2. The maximum absolute atomic E-state index is 13.9. The van der Waals surface area contributed by atoms with Crippen molar-refractivity contribution in [1.82, 2.24) is 9.78 Å². The Hall–Kier alpha value is -0.810. The Morgan fingerprint density at radius 3 is 2.61 bits per heavy atom. The smallest absolute Gasteiger partial charge is 0.158 e. The van der Waals surface area contributed by atoms with Gasteiger partial charge in [0.15, 0.2) is 5.78 Å². The SMILES string of the molecule is CSc1cnn(CC(=O)[C@H]2[C@H]3CCC[C@H]3C3C4CCC5C[C@](C)(O)CC[C@@H]5[C@H]4CC[C@@]32C)c1. The van der Waals surface area contributed by atoms with Gasteiger partial charge in [-0.15, -0.1) is 11.8 Å². The molecule has 0 bridgehead atoms. The number of aliphatic hydroxyl groups is 1. The van der Waals surface area contributed by atoms with E-state index in [1.54, 1.807) is 11.8 Å². The molecule has 1 aromatic heterocycles. The summed E-state index contributed by atoms with van der Waals surface area (Å²) in [7, 11) is 0. The maximum Gasteiger partial charge on any atom is 0.158 e.